The summed E-state index contributed by atoms with van der Waals surface area (Å²) in [5.74, 6) is -0.730. The number of carbonyl (C=O) groups is 2. The second kappa shape index (κ2) is 8.76. The first-order valence-electron chi connectivity index (χ1n) is 6.85. The topological polar surface area (TPSA) is 88.1 Å². The molecule has 2 amide bonds. The number of methoxy groups -OCH3 is 1. The third kappa shape index (κ3) is 5.75. The maximum atomic E-state index is 12.0. The summed E-state index contributed by atoms with van der Waals surface area (Å²) in [5, 5.41) is 11.6. The Morgan fingerprint density at radius 3 is 2.85 bits per heavy atom. The first kappa shape index (κ1) is 16.7. The van der Waals surface area contributed by atoms with Crippen molar-refractivity contribution in [3.05, 3.63) is 0 Å². The van der Waals surface area contributed by atoms with E-state index in [1.807, 2.05) is 0 Å². The lowest BCUT2D eigenvalue weighted by Crippen LogP contribution is -2.48. The summed E-state index contributed by atoms with van der Waals surface area (Å²) in [4.78, 5) is 24.5. The average Bonchev–Trinajstić information content (AvgIpc) is 2.43. The van der Waals surface area contributed by atoms with Gasteiger partial charge in [-0.2, -0.15) is 0 Å². The van der Waals surface area contributed by atoms with Gasteiger partial charge in [0.2, 0.25) is 0 Å². The van der Waals surface area contributed by atoms with Crippen molar-refractivity contribution in [2.75, 3.05) is 40.5 Å². The smallest absolute Gasteiger partial charge is 0.326 e. The molecule has 0 aromatic heterocycles. The molecule has 0 aliphatic carbocycles. The summed E-state index contributed by atoms with van der Waals surface area (Å²) >= 11 is 0. The average molecular weight is 288 g/mol. The van der Waals surface area contributed by atoms with Crippen LogP contribution in [0.4, 0.5) is 4.79 Å². The van der Waals surface area contributed by atoms with Crippen molar-refractivity contribution in [3.8, 4) is 0 Å². The minimum atomic E-state index is -1.05. The maximum absolute atomic E-state index is 12.0. The summed E-state index contributed by atoms with van der Waals surface area (Å²) in [5.41, 5.74) is 0. The van der Waals surface area contributed by atoms with E-state index in [9.17, 15) is 9.59 Å². The van der Waals surface area contributed by atoms with Crippen LogP contribution in [-0.4, -0.2) is 68.6 Å². The number of urea groups is 1. The first-order valence-corrected chi connectivity index (χ1v) is 6.85. The number of rotatable bonds is 7. The third-order valence-electron chi connectivity index (χ3n) is 3.34. The van der Waals surface area contributed by atoms with Gasteiger partial charge in [0.25, 0.3) is 0 Å². The molecule has 1 fully saturated rings. The zero-order chi connectivity index (χ0) is 15.0. The van der Waals surface area contributed by atoms with Gasteiger partial charge in [-0.15, -0.1) is 0 Å². The number of nitrogens with zero attached hydrogens (tertiary/aromatic N) is 1. The van der Waals surface area contributed by atoms with Crippen molar-refractivity contribution in [3.63, 3.8) is 0 Å². The van der Waals surface area contributed by atoms with E-state index in [0.29, 0.717) is 19.1 Å². The molecule has 0 aromatic carbocycles. The van der Waals surface area contributed by atoms with Gasteiger partial charge in [-0.1, -0.05) is 0 Å². The van der Waals surface area contributed by atoms with Crippen LogP contribution >= 0.6 is 0 Å². The Morgan fingerprint density at radius 2 is 2.30 bits per heavy atom. The molecule has 1 aliphatic rings. The number of ether oxygens (including phenoxy) is 2. The zero-order valence-corrected chi connectivity index (χ0v) is 12.1. The summed E-state index contributed by atoms with van der Waals surface area (Å²) in [7, 11) is 3.16. The number of hydrogen-bond donors (Lipinski definition) is 2. The van der Waals surface area contributed by atoms with Crippen molar-refractivity contribution < 1.29 is 24.2 Å². The van der Waals surface area contributed by atoms with Crippen LogP contribution in [-0.2, 0) is 14.3 Å². The predicted octanol–water partition coefficient (Wildman–Crippen LogP) is 0.544. The van der Waals surface area contributed by atoms with Crippen molar-refractivity contribution in [1.82, 2.24) is 10.2 Å². The molecule has 2 unspecified atom stereocenters. The van der Waals surface area contributed by atoms with Gasteiger partial charge in [0.1, 0.15) is 6.04 Å². The molecule has 0 saturated carbocycles. The molecule has 2 atom stereocenters. The molecular weight excluding hydrogens is 264 g/mol. The molecule has 0 radical (unpaired) electrons. The lowest BCUT2D eigenvalue weighted by atomic mass is 10.0. The van der Waals surface area contributed by atoms with E-state index in [0.717, 1.165) is 19.4 Å². The summed E-state index contributed by atoms with van der Waals surface area (Å²) in [6.45, 7) is 2.30. The van der Waals surface area contributed by atoms with Gasteiger partial charge in [-0.3, -0.25) is 0 Å². The highest BCUT2D eigenvalue weighted by molar-refractivity contribution is 5.82. The van der Waals surface area contributed by atoms with Crippen LogP contribution in [0.25, 0.3) is 0 Å². The van der Waals surface area contributed by atoms with Crippen molar-refractivity contribution in [1.29, 1.82) is 0 Å². The minimum absolute atomic E-state index is 0.248. The van der Waals surface area contributed by atoms with Crippen molar-refractivity contribution >= 4 is 12.0 Å². The molecule has 2 N–H and O–H groups in total. The van der Waals surface area contributed by atoms with E-state index in [-0.39, 0.29) is 19.1 Å². The molecule has 0 aromatic rings. The van der Waals surface area contributed by atoms with Crippen LogP contribution in [0, 0.1) is 5.92 Å². The number of carbonyl (C=O) groups excluding carboxylic acids is 1. The van der Waals surface area contributed by atoms with Gasteiger partial charge >= 0.3 is 12.0 Å². The van der Waals surface area contributed by atoms with E-state index in [1.165, 1.54) is 12.0 Å². The van der Waals surface area contributed by atoms with Gasteiger partial charge < -0.3 is 24.8 Å². The number of carboxylic acid groups (broad SMARTS) is 1. The molecule has 1 heterocycles. The highest BCUT2D eigenvalue weighted by Crippen LogP contribution is 2.14. The van der Waals surface area contributed by atoms with Crippen LogP contribution in [0.15, 0.2) is 0 Å². The number of hydrogen-bond acceptors (Lipinski definition) is 4. The molecule has 116 valence electrons. The lowest BCUT2D eigenvalue weighted by Gasteiger charge is -2.28. The third-order valence-corrected chi connectivity index (χ3v) is 3.34. The Hall–Kier alpha value is -1.34. The van der Waals surface area contributed by atoms with Gasteiger partial charge in [0.05, 0.1) is 6.61 Å². The SMILES string of the molecule is COCCC(NC(=O)N(C)CC1CCCOC1)C(=O)O. The van der Waals surface area contributed by atoms with Crippen molar-refractivity contribution in [2.45, 2.75) is 25.3 Å². The lowest BCUT2D eigenvalue weighted by molar-refractivity contribution is -0.139. The molecule has 1 rings (SSSR count). The van der Waals surface area contributed by atoms with E-state index in [2.05, 4.69) is 5.32 Å². The Labute approximate surface area is 119 Å². The summed E-state index contributed by atoms with van der Waals surface area (Å²) < 4.78 is 10.2. The van der Waals surface area contributed by atoms with Crippen LogP contribution < -0.4 is 5.32 Å². The van der Waals surface area contributed by atoms with E-state index >= 15 is 0 Å². The van der Waals surface area contributed by atoms with Crippen LogP contribution in [0.5, 0.6) is 0 Å². The second-order valence-electron chi connectivity index (χ2n) is 5.09. The Bertz CT molecular complexity index is 318. The molecule has 0 spiro atoms. The monoisotopic (exact) mass is 288 g/mol. The van der Waals surface area contributed by atoms with Crippen LogP contribution in [0.2, 0.25) is 0 Å². The fourth-order valence-corrected chi connectivity index (χ4v) is 2.17. The summed E-state index contributed by atoms with van der Waals surface area (Å²) in [6, 6.07) is -1.30. The molecular formula is C13H24N2O5. The van der Waals surface area contributed by atoms with E-state index < -0.39 is 12.0 Å². The van der Waals surface area contributed by atoms with E-state index in [4.69, 9.17) is 14.6 Å². The Balaban J connectivity index is 2.39. The van der Waals surface area contributed by atoms with E-state index in [1.54, 1.807) is 7.05 Å². The first-order chi connectivity index (χ1) is 9.54. The number of aliphatic carboxylic acids is 1. The molecule has 1 saturated heterocycles. The molecule has 0 bridgehead atoms. The van der Waals surface area contributed by atoms with Crippen LogP contribution in [0.1, 0.15) is 19.3 Å². The van der Waals surface area contributed by atoms with Gasteiger partial charge in [-0.05, 0) is 12.8 Å². The molecule has 20 heavy (non-hydrogen) atoms. The summed E-state index contributed by atoms with van der Waals surface area (Å²) in [6.07, 6.45) is 2.29. The normalized spacial score (nSPS) is 20.2. The number of carboxylic acids is 1. The van der Waals surface area contributed by atoms with Gasteiger partial charge in [0, 0.05) is 46.3 Å². The number of amides is 2. The van der Waals surface area contributed by atoms with Crippen molar-refractivity contribution in [2.24, 2.45) is 5.92 Å². The maximum Gasteiger partial charge on any atom is 0.326 e. The van der Waals surface area contributed by atoms with Gasteiger partial charge in [0.15, 0.2) is 0 Å². The molecule has 7 nitrogen and oxygen atoms in total. The largest absolute Gasteiger partial charge is 0.480 e. The zero-order valence-electron chi connectivity index (χ0n) is 12.1. The second-order valence-corrected chi connectivity index (χ2v) is 5.09. The molecule has 1 aliphatic heterocycles. The predicted molar refractivity (Wildman–Crippen MR) is 72.6 cm³/mol. The quantitative estimate of drug-likeness (QED) is 0.714. The van der Waals surface area contributed by atoms with Crippen LogP contribution in [0.3, 0.4) is 0 Å². The Kier molecular flexibility index (Phi) is 7.32. The highest BCUT2D eigenvalue weighted by Gasteiger charge is 2.23. The molecule has 7 heteroatoms. The number of nitrogens with one attached hydrogen (secondary N) is 1. The minimum Gasteiger partial charge on any atom is -0.480 e. The fraction of sp³-hybridized carbons (Fsp3) is 0.846. The standard InChI is InChI=1S/C13H24N2O5/c1-15(8-10-4-3-6-20-9-10)13(18)14-11(12(16)17)5-7-19-2/h10-11H,3-9H2,1-2H3,(H,14,18)(H,16,17). The van der Waals surface area contributed by atoms with Gasteiger partial charge in [-0.25, -0.2) is 9.59 Å². The highest BCUT2D eigenvalue weighted by atomic mass is 16.5. The Morgan fingerprint density at radius 1 is 1.55 bits per heavy atom. The fourth-order valence-electron chi connectivity index (χ4n) is 2.17.